The van der Waals surface area contributed by atoms with Crippen molar-refractivity contribution in [2.75, 3.05) is 11.9 Å². The van der Waals surface area contributed by atoms with Gasteiger partial charge in [0.1, 0.15) is 17.3 Å². The van der Waals surface area contributed by atoms with Crippen LogP contribution < -0.4 is 5.32 Å². The number of nitrogens with zero attached hydrogens (tertiary/aromatic N) is 6. The number of rotatable bonds is 5. The topological polar surface area (TPSA) is 106 Å². The molecule has 0 atom stereocenters. The number of nitrogens with one attached hydrogen (secondary N) is 1. The molecule has 9 nitrogen and oxygen atoms in total. The van der Waals surface area contributed by atoms with E-state index >= 15 is 0 Å². The summed E-state index contributed by atoms with van der Waals surface area (Å²) in [5, 5.41) is 8.33. The summed E-state index contributed by atoms with van der Waals surface area (Å²) in [6.07, 6.45) is 2.97. The molecule has 1 N–H and O–H groups in total. The first-order valence-corrected chi connectivity index (χ1v) is 11.9. The van der Waals surface area contributed by atoms with Crippen molar-refractivity contribution in [1.82, 2.24) is 29.6 Å². The highest BCUT2D eigenvalue weighted by atomic mass is 19.1. The van der Waals surface area contributed by atoms with Crippen LogP contribution >= 0.6 is 0 Å². The van der Waals surface area contributed by atoms with Crippen LogP contribution in [0.5, 0.6) is 0 Å². The molecular weight excluding hydrogens is 461 g/mol. The van der Waals surface area contributed by atoms with Gasteiger partial charge in [-0.25, -0.2) is 24.0 Å². The maximum atomic E-state index is 14.4. The number of anilines is 1. The Morgan fingerprint density at radius 1 is 1.08 bits per heavy atom. The average Bonchev–Trinajstić information content (AvgIpc) is 3.50. The minimum absolute atomic E-state index is 0.0721. The van der Waals surface area contributed by atoms with E-state index in [4.69, 9.17) is 10.1 Å². The monoisotopic (exact) mass is 485 g/mol. The molecule has 0 saturated carbocycles. The van der Waals surface area contributed by atoms with Crippen molar-refractivity contribution < 1.29 is 14.0 Å². The first kappa shape index (κ1) is 22.3. The quantitative estimate of drug-likeness (QED) is 0.464. The predicted molar refractivity (Wildman–Crippen MR) is 130 cm³/mol. The van der Waals surface area contributed by atoms with Gasteiger partial charge in [-0.05, 0) is 38.5 Å². The second-order valence-corrected chi connectivity index (χ2v) is 9.69. The Labute approximate surface area is 206 Å². The van der Waals surface area contributed by atoms with E-state index in [2.05, 4.69) is 15.3 Å². The van der Waals surface area contributed by atoms with Crippen molar-refractivity contribution in [3.05, 3.63) is 65.2 Å². The van der Waals surface area contributed by atoms with E-state index in [1.807, 2.05) is 19.9 Å². The molecule has 1 fully saturated rings. The summed E-state index contributed by atoms with van der Waals surface area (Å²) in [7, 11) is 0. The molecule has 182 valence electrons. The van der Waals surface area contributed by atoms with Crippen LogP contribution in [0, 0.1) is 5.82 Å². The highest BCUT2D eigenvalue weighted by Crippen LogP contribution is 2.40. The Hall–Kier alpha value is -4.21. The number of aromatic nitrogens is 5. The van der Waals surface area contributed by atoms with E-state index in [0.29, 0.717) is 64.7 Å². The van der Waals surface area contributed by atoms with Crippen LogP contribution in [0.25, 0.3) is 22.6 Å². The molecular formula is C26H24FN7O2. The number of likely N-dealkylation sites (tertiary alicyclic amines) is 1. The lowest BCUT2D eigenvalue weighted by molar-refractivity contribution is -0.128. The summed E-state index contributed by atoms with van der Waals surface area (Å²) in [5.41, 5.74) is 2.01. The molecule has 1 aromatic carbocycles. The van der Waals surface area contributed by atoms with E-state index in [0.717, 1.165) is 6.42 Å². The Bertz CT molecular complexity index is 1540. The first-order chi connectivity index (χ1) is 17.3. The van der Waals surface area contributed by atoms with Crippen molar-refractivity contribution in [2.45, 2.75) is 45.2 Å². The maximum absolute atomic E-state index is 14.4. The number of hydrogen-bond acceptors (Lipinski definition) is 6. The van der Waals surface area contributed by atoms with Crippen LogP contribution in [0.1, 0.15) is 43.5 Å². The summed E-state index contributed by atoms with van der Waals surface area (Å²) >= 11 is 0. The largest absolute Gasteiger partial charge is 0.337 e. The standard InChI is InChI=1S/C26H24FN7O2/c1-26(2)20-18(14-33-12-6-10-19(33)35)29-23(30-22(20)31-25(26)36)21-16-8-5-11-28-24(16)34(32-21)13-15-7-3-4-9-17(15)27/h3-5,7-9,11H,6,10,12-14H2,1-2H3,(H,29,30,31,36). The van der Waals surface area contributed by atoms with Crippen LogP contribution in [-0.4, -0.2) is 48.0 Å². The fraction of sp³-hybridized carbons (Fsp3) is 0.308. The molecule has 0 unspecified atom stereocenters. The van der Waals surface area contributed by atoms with E-state index in [1.54, 1.807) is 40.0 Å². The number of halogens is 1. The van der Waals surface area contributed by atoms with Gasteiger partial charge >= 0.3 is 0 Å². The van der Waals surface area contributed by atoms with Gasteiger partial charge in [0.15, 0.2) is 11.5 Å². The molecule has 2 amide bonds. The minimum atomic E-state index is -0.834. The van der Waals surface area contributed by atoms with Gasteiger partial charge in [-0.15, -0.1) is 0 Å². The zero-order chi connectivity index (χ0) is 25.0. The molecule has 5 heterocycles. The lowest BCUT2D eigenvalue weighted by Gasteiger charge is -2.22. The van der Waals surface area contributed by atoms with E-state index < -0.39 is 5.41 Å². The van der Waals surface area contributed by atoms with Crippen LogP contribution in [0.3, 0.4) is 0 Å². The second kappa shape index (κ2) is 8.18. The number of benzene rings is 1. The van der Waals surface area contributed by atoms with E-state index in [9.17, 15) is 14.0 Å². The summed E-state index contributed by atoms with van der Waals surface area (Å²) in [4.78, 5) is 41.0. The SMILES string of the molecule is CC1(C)C(=O)Nc2nc(-c3nn(Cc4ccccc4F)c4ncccc34)nc(CN3CCCC3=O)c21. The molecule has 0 spiro atoms. The third-order valence-corrected chi connectivity index (χ3v) is 6.92. The highest BCUT2D eigenvalue weighted by Gasteiger charge is 2.43. The predicted octanol–water partition coefficient (Wildman–Crippen LogP) is 3.43. The third-order valence-electron chi connectivity index (χ3n) is 6.92. The molecule has 4 aromatic rings. The molecule has 2 aliphatic rings. The lowest BCUT2D eigenvalue weighted by atomic mass is 9.85. The molecule has 36 heavy (non-hydrogen) atoms. The summed E-state index contributed by atoms with van der Waals surface area (Å²) in [6, 6.07) is 10.2. The molecule has 6 rings (SSSR count). The van der Waals surface area contributed by atoms with Crippen LogP contribution in [0.2, 0.25) is 0 Å². The highest BCUT2D eigenvalue weighted by molar-refractivity contribution is 6.05. The van der Waals surface area contributed by atoms with Crippen molar-refractivity contribution in [3.63, 3.8) is 0 Å². The van der Waals surface area contributed by atoms with Crippen molar-refractivity contribution >= 4 is 28.7 Å². The van der Waals surface area contributed by atoms with Gasteiger partial charge in [0.05, 0.1) is 29.6 Å². The number of fused-ring (bicyclic) bond motifs is 2. The Morgan fingerprint density at radius 2 is 1.92 bits per heavy atom. The summed E-state index contributed by atoms with van der Waals surface area (Å²) < 4.78 is 16.0. The molecule has 0 aliphatic carbocycles. The van der Waals surface area contributed by atoms with Crippen molar-refractivity contribution in [1.29, 1.82) is 0 Å². The summed E-state index contributed by atoms with van der Waals surface area (Å²) in [5.74, 6) is 0.323. The normalized spacial score (nSPS) is 16.6. The van der Waals surface area contributed by atoms with Crippen LogP contribution in [0.4, 0.5) is 10.2 Å². The van der Waals surface area contributed by atoms with Gasteiger partial charge in [0.25, 0.3) is 0 Å². The van der Waals surface area contributed by atoms with Gasteiger partial charge in [-0.3, -0.25) is 9.59 Å². The zero-order valence-corrected chi connectivity index (χ0v) is 20.0. The van der Waals surface area contributed by atoms with Gasteiger partial charge in [-0.1, -0.05) is 18.2 Å². The van der Waals surface area contributed by atoms with Crippen LogP contribution in [-0.2, 0) is 28.1 Å². The fourth-order valence-corrected chi connectivity index (χ4v) is 4.98. The molecule has 1 saturated heterocycles. The first-order valence-electron chi connectivity index (χ1n) is 11.9. The summed E-state index contributed by atoms with van der Waals surface area (Å²) in [6.45, 7) is 4.79. The smallest absolute Gasteiger partial charge is 0.235 e. The zero-order valence-electron chi connectivity index (χ0n) is 20.0. The minimum Gasteiger partial charge on any atom is -0.337 e. The number of carbonyl (C=O) groups excluding carboxylic acids is 2. The Morgan fingerprint density at radius 3 is 2.69 bits per heavy atom. The molecule has 10 heteroatoms. The van der Waals surface area contributed by atoms with Crippen molar-refractivity contribution in [2.24, 2.45) is 0 Å². The van der Waals surface area contributed by atoms with Crippen LogP contribution in [0.15, 0.2) is 42.6 Å². The van der Waals surface area contributed by atoms with E-state index in [1.165, 1.54) is 6.07 Å². The van der Waals surface area contributed by atoms with E-state index in [-0.39, 0.29) is 24.2 Å². The molecule has 2 aliphatic heterocycles. The Kier molecular flexibility index (Phi) is 5.06. The average molecular weight is 486 g/mol. The van der Waals surface area contributed by atoms with Gasteiger partial charge in [-0.2, -0.15) is 5.10 Å². The lowest BCUT2D eigenvalue weighted by Crippen LogP contribution is -2.30. The fourth-order valence-electron chi connectivity index (χ4n) is 4.98. The van der Waals surface area contributed by atoms with Gasteiger partial charge < -0.3 is 10.2 Å². The van der Waals surface area contributed by atoms with Crippen molar-refractivity contribution in [3.8, 4) is 11.5 Å². The molecule has 0 radical (unpaired) electrons. The second-order valence-electron chi connectivity index (χ2n) is 9.69. The number of amides is 2. The maximum Gasteiger partial charge on any atom is 0.235 e. The van der Waals surface area contributed by atoms with Gasteiger partial charge in [0.2, 0.25) is 11.8 Å². The number of carbonyl (C=O) groups is 2. The van der Waals surface area contributed by atoms with Gasteiger partial charge in [0, 0.05) is 30.3 Å². The Balaban J connectivity index is 1.50. The number of hydrogen-bond donors (Lipinski definition) is 1. The third kappa shape index (κ3) is 3.52. The molecule has 0 bridgehead atoms. The molecule has 3 aromatic heterocycles. The number of pyridine rings is 1.